The van der Waals surface area contributed by atoms with E-state index < -0.39 is 5.60 Å². The maximum Gasteiger partial charge on any atom is 0.233 e. The molecular weight excluding hydrogens is 474 g/mol. The Bertz CT molecular complexity index is 1110. The van der Waals surface area contributed by atoms with Gasteiger partial charge >= 0.3 is 0 Å². The van der Waals surface area contributed by atoms with Crippen LogP contribution in [0.3, 0.4) is 0 Å². The maximum absolute atomic E-state index is 13.6. The Hall–Kier alpha value is -2.45. The van der Waals surface area contributed by atoms with Gasteiger partial charge in [-0.25, -0.2) is 9.97 Å². The molecule has 2 aromatic rings. The molecule has 1 aromatic heterocycles. The SMILES string of the molecule is CC(C)(O)COc1cnc(NC(=O)[C@H](C[C@H]2CCC(=O)C2)c2ccc(SC3CC3)c(C3CC3)c2)cn1. The van der Waals surface area contributed by atoms with Crippen molar-refractivity contribution in [2.75, 3.05) is 11.9 Å². The van der Waals surface area contributed by atoms with Crippen LogP contribution < -0.4 is 10.1 Å². The minimum absolute atomic E-state index is 0.0912. The summed E-state index contributed by atoms with van der Waals surface area (Å²) in [7, 11) is 0. The Morgan fingerprint density at radius 1 is 1.19 bits per heavy atom. The summed E-state index contributed by atoms with van der Waals surface area (Å²) in [5.41, 5.74) is 1.43. The zero-order valence-electron chi connectivity index (χ0n) is 21.0. The first-order valence-electron chi connectivity index (χ1n) is 13.0. The molecule has 2 atom stereocenters. The number of ether oxygens (including phenoxy) is 1. The molecule has 0 aliphatic heterocycles. The van der Waals surface area contributed by atoms with E-state index in [1.54, 1.807) is 13.8 Å². The van der Waals surface area contributed by atoms with E-state index in [-0.39, 0.29) is 30.2 Å². The molecule has 36 heavy (non-hydrogen) atoms. The number of carbonyl (C=O) groups excluding carboxylic acids is 2. The largest absolute Gasteiger partial charge is 0.474 e. The van der Waals surface area contributed by atoms with Crippen LogP contribution in [0.1, 0.15) is 88.2 Å². The second kappa shape index (κ2) is 10.5. The zero-order valence-corrected chi connectivity index (χ0v) is 21.9. The van der Waals surface area contributed by atoms with Crippen molar-refractivity contribution in [2.24, 2.45) is 5.92 Å². The fraction of sp³-hybridized carbons (Fsp3) is 0.571. The van der Waals surface area contributed by atoms with E-state index in [2.05, 4.69) is 33.5 Å². The molecule has 1 aromatic carbocycles. The monoisotopic (exact) mass is 509 g/mol. The molecule has 192 valence electrons. The summed E-state index contributed by atoms with van der Waals surface area (Å²) in [4.78, 5) is 35.4. The van der Waals surface area contributed by atoms with Gasteiger partial charge in [0.25, 0.3) is 0 Å². The summed E-state index contributed by atoms with van der Waals surface area (Å²) in [5, 5.41) is 13.5. The lowest BCUT2D eigenvalue weighted by molar-refractivity contribution is -0.119. The highest BCUT2D eigenvalue weighted by Gasteiger charge is 2.33. The van der Waals surface area contributed by atoms with Crippen LogP contribution >= 0.6 is 11.8 Å². The Morgan fingerprint density at radius 3 is 2.61 bits per heavy atom. The summed E-state index contributed by atoms with van der Waals surface area (Å²) in [6.45, 7) is 3.39. The van der Waals surface area contributed by atoms with Crippen molar-refractivity contribution < 1.29 is 19.4 Å². The second-order valence-electron chi connectivity index (χ2n) is 11.2. The standard InChI is InChI=1S/C28H35N3O4S/c1-28(2,34)16-35-26-15-29-25(14-30-26)31-27(33)23(12-17-3-7-20(32)11-17)19-6-10-24(36-21-8-9-21)22(13-19)18-4-5-18/h6,10,13-15,17-18,21,23,34H,3-5,7-9,11-12,16H2,1-2H3,(H,29,31,33)/t17-,23+/m0/s1. The Kier molecular flexibility index (Phi) is 7.35. The number of rotatable bonds is 11. The molecule has 0 saturated heterocycles. The van der Waals surface area contributed by atoms with Crippen LogP contribution in [0, 0.1) is 5.92 Å². The van der Waals surface area contributed by atoms with Crippen LogP contribution in [0.15, 0.2) is 35.5 Å². The molecule has 2 N–H and O–H groups in total. The van der Waals surface area contributed by atoms with Gasteiger partial charge in [0, 0.05) is 23.0 Å². The van der Waals surface area contributed by atoms with Gasteiger partial charge in [-0.1, -0.05) is 12.1 Å². The predicted molar refractivity (Wildman–Crippen MR) is 139 cm³/mol. The molecule has 0 spiro atoms. The van der Waals surface area contributed by atoms with Gasteiger partial charge in [-0.2, -0.15) is 0 Å². The number of Topliss-reactive ketones (excluding diaryl/α,β-unsaturated/α-hetero) is 1. The minimum Gasteiger partial charge on any atom is -0.474 e. The van der Waals surface area contributed by atoms with Gasteiger partial charge in [0.2, 0.25) is 11.8 Å². The number of amides is 1. The number of nitrogens with zero attached hydrogens (tertiary/aromatic N) is 2. The van der Waals surface area contributed by atoms with Crippen LogP contribution in [-0.2, 0) is 9.59 Å². The Labute approximate surface area is 216 Å². The molecule has 3 aliphatic rings. The van der Waals surface area contributed by atoms with Crippen molar-refractivity contribution in [3.63, 3.8) is 0 Å². The van der Waals surface area contributed by atoms with Crippen molar-refractivity contribution in [3.8, 4) is 5.88 Å². The number of anilines is 1. The summed E-state index contributed by atoms with van der Waals surface area (Å²) >= 11 is 1.98. The van der Waals surface area contributed by atoms with Gasteiger partial charge in [-0.3, -0.25) is 9.59 Å². The number of hydrogen-bond donors (Lipinski definition) is 2. The minimum atomic E-state index is -0.977. The van der Waals surface area contributed by atoms with E-state index in [4.69, 9.17) is 4.74 Å². The topological polar surface area (TPSA) is 101 Å². The van der Waals surface area contributed by atoms with Crippen LogP contribution in [-0.4, -0.2) is 44.2 Å². The normalized spacial score (nSPS) is 20.9. The third kappa shape index (κ3) is 6.85. The molecule has 7 nitrogen and oxygen atoms in total. The van der Waals surface area contributed by atoms with E-state index in [0.29, 0.717) is 36.8 Å². The number of aromatic nitrogens is 2. The van der Waals surface area contributed by atoms with Gasteiger partial charge in [0.05, 0.1) is 23.9 Å². The quantitative estimate of drug-likeness (QED) is 0.427. The fourth-order valence-electron chi connectivity index (χ4n) is 4.71. The van der Waals surface area contributed by atoms with Crippen LogP contribution in [0.5, 0.6) is 5.88 Å². The van der Waals surface area contributed by atoms with Crippen molar-refractivity contribution in [3.05, 3.63) is 41.7 Å². The Balaban J connectivity index is 1.33. The average molecular weight is 510 g/mol. The molecule has 5 rings (SSSR count). The summed E-state index contributed by atoms with van der Waals surface area (Å²) in [5.74, 6) is 1.28. The van der Waals surface area contributed by atoms with E-state index in [1.807, 2.05) is 11.8 Å². The van der Waals surface area contributed by atoms with E-state index in [1.165, 1.54) is 48.5 Å². The molecule has 0 radical (unpaired) electrons. The molecular formula is C28H35N3O4S. The smallest absolute Gasteiger partial charge is 0.233 e. The van der Waals surface area contributed by atoms with Crippen molar-refractivity contribution in [2.45, 2.75) is 92.8 Å². The highest BCUT2D eigenvalue weighted by atomic mass is 32.2. The first kappa shape index (κ1) is 25.2. The molecule has 1 amide bonds. The maximum atomic E-state index is 13.6. The zero-order chi connectivity index (χ0) is 25.3. The van der Waals surface area contributed by atoms with E-state index in [9.17, 15) is 14.7 Å². The van der Waals surface area contributed by atoms with Gasteiger partial charge < -0.3 is 15.2 Å². The number of ketones is 1. The summed E-state index contributed by atoms with van der Waals surface area (Å²) in [6, 6.07) is 6.57. The first-order valence-corrected chi connectivity index (χ1v) is 13.9. The molecule has 0 bridgehead atoms. The fourth-order valence-corrected chi connectivity index (χ4v) is 5.95. The number of carbonyl (C=O) groups is 2. The lowest BCUT2D eigenvalue weighted by atomic mass is 9.86. The van der Waals surface area contributed by atoms with E-state index >= 15 is 0 Å². The molecule has 3 saturated carbocycles. The highest BCUT2D eigenvalue weighted by molar-refractivity contribution is 8.00. The predicted octanol–water partition coefficient (Wildman–Crippen LogP) is 5.24. The highest BCUT2D eigenvalue weighted by Crippen LogP contribution is 2.49. The van der Waals surface area contributed by atoms with Gasteiger partial charge in [0.15, 0.2) is 5.82 Å². The number of benzene rings is 1. The number of nitrogens with one attached hydrogen (secondary N) is 1. The third-order valence-electron chi connectivity index (χ3n) is 6.96. The molecule has 1 heterocycles. The number of thioether (sulfide) groups is 1. The molecule has 8 heteroatoms. The van der Waals surface area contributed by atoms with E-state index in [0.717, 1.165) is 17.2 Å². The summed E-state index contributed by atoms with van der Waals surface area (Å²) in [6.07, 6.45) is 10.6. The molecule has 0 unspecified atom stereocenters. The lowest BCUT2D eigenvalue weighted by Gasteiger charge is -2.22. The second-order valence-corrected chi connectivity index (χ2v) is 12.5. The van der Waals surface area contributed by atoms with Crippen molar-refractivity contribution in [1.29, 1.82) is 0 Å². The number of hydrogen-bond acceptors (Lipinski definition) is 7. The van der Waals surface area contributed by atoms with Gasteiger partial charge in [-0.05, 0) is 81.4 Å². The molecule has 3 fully saturated rings. The third-order valence-corrected chi connectivity index (χ3v) is 8.39. The molecule has 3 aliphatic carbocycles. The van der Waals surface area contributed by atoms with Crippen molar-refractivity contribution in [1.82, 2.24) is 9.97 Å². The van der Waals surface area contributed by atoms with Crippen LogP contribution in [0.25, 0.3) is 0 Å². The first-order chi connectivity index (χ1) is 17.2. The van der Waals surface area contributed by atoms with Gasteiger partial charge in [0.1, 0.15) is 12.4 Å². The van der Waals surface area contributed by atoms with Crippen molar-refractivity contribution >= 4 is 29.3 Å². The summed E-state index contributed by atoms with van der Waals surface area (Å²) < 4.78 is 5.46. The van der Waals surface area contributed by atoms with Crippen LogP contribution in [0.2, 0.25) is 0 Å². The van der Waals surface area contributed by atoms with Gasteiger partial charge in [-0.15, -0.1) is 11.8 Å². The Morgan fingerprint density at radius 2 is 2.00 bits per heavy atom. The van der Waals surface area contributed by atoms with Crippen LogP contribution in [0.4, 0.5) is 5.82 Å². The average Bonchev–Trinajstić information content (AvgIpc) is 3.77. The lowest BCUT2D eigenvalue weighted by Crippen LogP contribution is -2.28. The number of aliphatic hydroxyl groups is 1.